The van der Waals surface area contributed by atoms with E-state index in [1.807, 2.05) is 27.6 Å². The molecule has 8 nitrogen and oxygen atoms in total. The van der Waals surface area contributed by atoms with Gasteiger partial charge in [0.1, 0.15) is 12.4 Å². The maximum atomic E-state index is 12.5. The Bertz CT molecular complexity index is 994. The maximum Gasteiger partial charge on any atom is 0.240 e. The largest absolute Gasteiger partial charge is 0.394 e. The number of rotatable bonds is 7. The summed E-state index contributed by atoms with van der Waals surface area (Å²) in [5.41, 5.74) is 4.31. The highest BCUT2D eigenvalue weighted by atomic mass is 16.3. The second kappa shape index (κ2) is 8.24. The lowest BCUT2D eigenvalue weighted by molar-refractivity contribution is -0.122. The van der Waals surface area contributed by atoms with Gasteiger partial charge in [0, 0.05) is 48.7 Å². The Hall–Kier alpha value is -2.87. The zero-order chi connectivity index (χ0) is 20.4. The fourth-order valence-corrected chi connectivity index (χ4v) is 3.91. The Kier molecular flexibility index (Phi) is 5.53. The summed E-state index contributed by atoms with van der Waals surface area (Å²) in [4.78, 5) is 17.5. The van der Waals surface area contributed by atoms with Crippen molar-refractivity contribution in [1.29, 1.82) is 0 Å². The number of fused-ring (bicyclic) bond motifs is 3. The molecular formula is C21H28N6O2. The molecule has 2 atom stereocenters. The molecule has 2 aromatic heterocycles. The topological polar surface area (TPSA) is 97.0 Å². The number of aromatic nitrogens is 4. The Morgan fingerprint density at radius 2 is 2.31 bits per heavy atom. The first-order valence-electron chi connectivity index (χ1n) is 10.2. The summed E-state index contributed by atoms with van der Waals surface area (Å²) in [6.45, 7) is 4.76. The zero-order valence-corrected chi connectivity index (χ0v) is 16.9. The number of imidazole rings is 1. The van der Waals surface area contributed by atoms with E-state index in [2.05, 4.69) is 28.7 Å². The number of benzene rings is 1. The smallest absolute Gasteiger partial charge is 0.240 e. The van der Waals surface area contributed by atoms with Crippen molar-refractivity contribution in [3.05, 3.63) is 42.0 Å². The molecule has 0 saturated carbocycles. The molecule has 3 N–H and O–H groups in total. The highest BCUT2D eigenvalue weighted by Crippen LogP contribution is 2.32. The average Bonchev–Trinajstić information content (AvgIpc) is 3.34. The molecular weight excluding hydrogens is 368 g/mol. The number of anilines is 1. The maximum absolute atomic E-state index is 12.5. The molecule has 4 rings (SSSR count). The molecule has 8 heteroatoms. The predicted molar refractivity (Wildman–Crippen MR) is 112 cm³/mol. The van der Waals surface area contributed by atoms with Gasteiger partial charge in [-0.25, -0.2) is 4.98 Å². The van der Waals surface area contributed by atoms with Gasteiger partial charge in [-0.15, -0.1) is 0 Å². The van der Waals surface area contributed by atoms with Crippen molar-refractivity contribution >= 4 is 22.6 Å². The lowest BCUT2D eigenvalue weighted by Gasteiger charge is -2.24. The van der Waals surface area contributed by atoms with Crippen LogP contribution in [0.15, 0.2) is 30.6 Å². The van der Waals surface area contributed by atoms with E-state index in [9.17, 15) is 9.90 Å². The molecule has 0 spiro atoms. The van der Waals surface area contributed by atoms with Crippen molar-refractivity contribution in [2.24, 2.45) is 0 Å². The van der Waals surface area contributed by atoms with Crippen molar-refractivity contribution in [1.82, 2.24) is 24.6 Å². The van der Waals surface area contributed by atoms with Gasteiger partial charge < -0.3 is 20.3 Å². The second-order valence-corrected chi connectivity index (χ2v) is 7.83. The van der Waals surface area contributed by atoms with E-state index in [1.54, 1.807) is 13.1 Å². The number of amides is 1. The number of nitrogens with one attached hydrogen (secondary N) is 2. The predicted octanol–water partition coefficient (Wildman–Crippen LogP) is 1.72. The molecule has 1 aliphatic rings. The number of nitrogens with zero attached hydrogens (tertiary/aromatic N) is 4. The van der Waals surface area contributed by atoms with Crippen LogP contribution in [0, 0.1) is 0 Å². The van der Waals surface area contributed by atoms with E-state index in [0.717, 1.165) is 35.4 Å². The van der Waals surface area contributed by atoms with Crippen LogP contribution in [0.3, 0.4) is 0 Å². The zero-order valence-electron chi connectivity index (χ0n) is 16.9. The highest BCUT2D eigenvalue weighted by Gasteiger charge is 2.22. The van der Waals surface area contributed by atoms with Crippen molar-refractivity contribution in [2.45, 2.75) is 58.3 Å². The second-order valence-electron chi connectivity index (χ2n) is 7.83. The number of hydrogen-bond donors (Lipinski definition) is 3. The lowest BCUT2D eigenvalue weighted by Crippen LogP contribution is -2.37. The molecule has 154 valence electrons. The van der Waals surface area contributed by atoms with Crippen LogP contribution < -0.4 is 10.6 Å². The van der Waals surface area contributed by atoms with Gasteiger partial charge in [0.2, 0.25) is 5.91 Å². The molecule has 0 fully saturated rings. The third kappa shape index (κ3) is 4.12. The number of carbonyl (C=O) groups is 1. The molecule has 0 radical (unpaired) electrons. The van der Waals surface area contributed by atoms with Crippen LogP contribution in [-0.2, 0) is 30.7 Å². The van der Waals surface area contributed by atoms with Crippen LogP contribution in [0.1, 0.15) is 31.7 Å². The molecule has 1 aromatic carbocycles. The summed E-state index contributed by atoms with van der Waals surface area (Å²) in [6, 6.07) is 6.22. The normalized spacial score (nSPS) is 17.0. The molecule has 1 aliphatic heterocycles. The summed E-state index contributed by atoms with van der Waals surface area (Å²) in [6.07, 6.45) is 6.41. The minimum Gasteiger partial charge on any atom is -0.394 e. The van der Waals surface area contributed by atoms with Gasteiger partial charge in [-0.2, -0.15) is 5.10 Å². The molecule has 0 bridgehead atoms. The number of carbonyl (C=O) groups excluding carboxylic acids is 1. The first kappa shape index (κ1) is 19.4. The number of aryl methyl sites for hydroxylation is 3. The average molecular weight is 396 g/mol. The minimum absolute atomic E-state index is 0.0834. The van der Waals surface area contributed by atoms with Crippen molar-refractivity contribution in [2.75, 3.05) is 11.9 Å². The van der Waals surface area contributed by atoms with E-state index in [-0.39, 0.29) is 25.1 Å². The standard InChI is InChI=1S/C21H28N6O2/c1-14-4-5-16-17(23-14)6-7-18-21(16)25-19(8-11-26-10-3-9-22-26)27(18)12-20(29)24-15(2)13-28/h3,6-7,9-10,14-15,23,28H,4-5,8,11-13H2,1-2H3,(H,24,29)/t14-,15+/m0/s1. The van der Waals surface area contributed by atoms with Crippen LogP contribution in [0.4, 0.5) is 5.69 Å². The van der Waals surface area contributed by atoms with Crippen molar-refractivity contribution < 1.29 is 9.90 Å². The molecule has 29 heavy (non-hydrogen) atoms. The molecule has 0 saturated heterocycles. The fraction of sp³-hybridized carbons (Fsp3) is 0.476. The SMILES string of the molecule is C[C@H](CO)NC(=O)Cn1c(CCn2cccn2)nc2c3c(ccc21)N[C@@H](C)CC3. The number of aliphatic hydroxyl groups excluding tert-OH is 1. The van der Waals surface area contributed by atoms with Gasteiger partial charge in [0.05, 0.1) is 17.6 Å². The molecule has 0 unspecified atom stereocenters. The van der Waals surface area contributed by atoms with Gasteiger partial charge in [-0.05, 0) is 44.9 Å². The lowest BCUT2D eigenvalue weighted by atomic mass is 9.98. The molecule has 0 aliphatic carbocycles. The van der Waals surface area contributed by atoms with Gasteiger partial charge >= 0.3 is 0 Å². The minimum atomic E-state index is -0.275. The van der Waals surface area contributed by atoms with Crippen LogP contribution in [0.25, 0.3) is 11.0 Å². The van der Waals surface area contributed by atoms with Gasteiger partial charge in [-0.1, -0.05) is 0 Å². The number of aliphatic hydroxyl groups is 1. The van der Waals surface area contributed by atoms with Gasteiger partial charge in [0.25, 0.3) is 0 Å². The quantitative estimate of drug-likeness (QED) is 0.565. The Morgan fingerprint density at radius 3 is 3.07 bits per heavy atom. The third-order valence-corrected chi connectivity index (χ3v) is 5.44. The summed E-state index contributed by atoms with van der Waals surface area (Å²) in [5, 5.41) is 19.9. The molecule has 1 amide bonds. The van der Waals surface area contributed by atoms with E-state index in [4.69, 9.17) is 4.98 Å². The van der Waals surface area contributed by atoms with Crippen LogP contribution in [0.5, 0.6) is 0 Å². The van der Waals surface area contributed by atoms with Crippen LogP contribution >= 0.6 is 0 Å². The van der Waals surface area contributed by atoms with E-state index < -0.39 is 0 Å². The van der Waals surface area contributed by atoms with Gasteiger partial charge in [0.15, 0.2) is 0 Å². The summed E-state index contributed by atoms with van der Waals surface area (Å²) in [5.74, 6) is 0.741. The van der Waals surface area contributed by atoms with Crippen LogP contribution in [0.2, 0.25) is 0 Å². The molecule has 3 aromatic rings. The monoisotopic (exact) mass is 396 g/mol. The van der Waals surface area contributed by atoms with E-state index in [1.165, 1.54) is 5.56 Å². The number of hydrogen-bond acceptors (Lipinski definition) is 5. The highest BCUT2D eigenvalue weighted by molar-refractivity contribution is 5.87. The van der Waals surface area contributed by atoms with Crippen molar-refractivity contribution in [3.63, 3.8) is 0 Å². The Labute approximate surface area is 169 Å². The van der Waals surface area contributed by atoms with Crippen molar-refractivity contribution in [3.8, 4) is 0 Å². The molecule has 3 heterocycles. The van der Waals surface area contributed by atoms with E-state index >= 15 is 0 Å². The first-order valence-corrected chi connectivity index (χ1v) is 10.2. The van der Waals surface area contributed by atoms with Gasteiger partial charge in [-0.3, -0.25) is 9.48 Å². The Morgan fingerprint density at radius 1 is 1.45 bits per heavy atom. The third-order valence-electron chi connectivity index (χ3n) is 5.44. The first-order chi connectivity index (χ1) is 14.0. The fourth-order valence-electron chi connectivity index (χ4n) is 3.91. The Balaban J connectivity index is 1.69. The summed E-state index contributed by atoms with van der Waals surface area (Å²) >= 11 is 0. The summed E-state index contributed by atoms with van der Waals surface area (Å²) < 4.78 is 3.87. The summed E-state index contributed by atoms with van der Waals surface area (Å²) in [7, 11) is 0. The van der Waals surface area contributed by atoms with Crippen LogP contribution in [-0.4, -0.2) is 49.0 Å². The van der Waals surface area contributed by atoms with E-state index in [0.29, 0.717) is 19.0 Å².